The van der Waals surface area contributed by atoms with E-state index in [1.54, 1.807) is 0 Å². The Morgan fingerprint density at radius 3 is 2.57 bits per heavy atom. The van der Waals surface area contributed by atoms with E-state index in [1.165, 1.54) is 6.42 Å². The molecule has 14 heavy (non-hydrogen) atoms. The molecular formula is C12H21NO. The van der Waals surface area contributed by atoms with Crippen LogP contribution in [0.5, 0.6) is 0 Å². The van der Waals surface area contributed by atoms with Crippen molar-refractivity contribution in [3.63, 3.8) is 0 Å². The lowest BCUT2D eigenvalue weighted by atomic mass is 9.88. The summed E-state index contributed by atoms with van der Waals surface area (Å²) in [6.45, 7) is 6.92. The monoisotopic (exact) mass is 195 g/mol. The van der Waals surface area contributed by atoms with Crippen LogP contribution >= 0.6 is 0 Å². The molecule has 80 valence electrons. The molecule has 0 spiro atoms. The van der Waals surface area contributed by atoms with Gasteiger partial charge in [0.25, 0.3) is 0 Å². The number of carbonyl (C=O) groups excluding carboxylic acids is 1. The molecule has 1 heterocycles. The predicted octanol–water partition coefficient (Wildman–Crippen LogP) is 2.09. The summed E-state index contributed by atoms with van der Waals surface area (Å²) in [7, 11) is 0. The molecule has 0 amide bonds. The van der Waals surface area contributed by atoms with Crippen LogP contribution in [-0.4, -0.2) is 29.8 Å². The van der Waals surface area contributed by atoms with Gasteiger partial charge < -0.3 is 0 Å². The Balaban J connectivity index is 1.95. The number of hydrogen-bond donors (Lipinski definition) is 0. The van der Waals surface area contributed by atoms with Crippen molar-refractivity contribution in [2.45, 2.75) is 45.6 Å². The fourth-order valence-electron chi connectivity index (χ4n) is 2.76. The molecule has 2 aliphatic rings. The lowest BCUT2D eigenvalue weighted by Crippen LogP contribution is -2.46. The quantitative estimate of drug-likeness (QED) is 0.638. The maximum atomic E-state index is 11.6. The molecule has 2 rings (SSSR count). The van der Waals surface area contributed by atoms with Gasteiger partial charge in [0.2, 0.25) is 0 Å². The van der Waals surface area contributed by atoms with Crippen molar-refractivity contribution in [3.05, 3.63) is 0 Å². The van der Waals surface area contributed by atoms with Crippen molar-refractivity contribution >= 4 is 5.78 Å². The van der Waals surface area contributed by atoms with Gasteiger partial charge in [0.05, 0.1) is 6.04 Å². The highest BCUT2D eigenvalue weighted by molar-refractivity contribution is 5.85. The summed E-state index contributed by atoms with van der Waals surface area (Å²) in [5.41, 5.74) is 0. The second-order valence-corrected chi connectivity index (χ2v) is 5.11. The van der Waals surface area contributed by atoms with E-state index in [0.29, 0.717) is 5.78 Å². The molecule has 3 atom stereocenters. The molecule has 1 aliphatic carbocycles. The highest BCUT2D eigenvalue weighted by Gasteiger charge is 2.33. The Morgan fingerprint density at radius 2 is 2.00 bits per heavy atom. The predicted molar refractivity (Wildman–Crippen MR) is 57.2 cm³/mol. The fourth-order valence-corrected chi connectivity index (χ4v) is 2.76. The Labute approximate surface area is 86.7 Å². The van der Waals surface area contributed by atoms with E-state index >= 15 is 0 Å². The number of ketones is 1. The lowest BCUT2D eigenvalue weighted by molar-refractivity contribution is -0.122. The molecule has 0 aromatic heterocycles. The van der Waals surface area contributed by atoms with Crippen LogP contribution in [0.25, 0.3) is 0 Å². The Hall–Kier alpha value is -0.370. The maximum absolute atomic E-state index is 11.6. The van der Waals surface area contributed by atoms with E-state index in [0.717, 1.165) is 44.2 Å². The molecule has 0 bridgehead atoms. The largest absolute Gasteiger partial charge is 0.298 e. The van der Waals surface area contributed by atoms with Gasteiger partial charge in [0.15, 0.2) is 0 Å². The van der Waals surface area contributed by atoms with Crippen molar-refractivity contribution in [2.75, 3.05) is 13.1 Å². The average molecular weight is 195 g/mol. The minimum atomic E-state index is 0.282. The Bertz CT molecular complexity index is 226. The third-order valence-electron chi connectivity index (χ3n) is 4.08. The first-order valence-electron chi connectivity index (χ1n) is 5.95. The van der Waals surface area contributed by atoms with Gasteiger partial charge in [-0.3, -0.25) is 9.69 Å². The molecule has 1 saturated carbocycles. The minimum absolute atomic E-state index is 0.282. The molecule has 2 nitrogen and oxygen atoms in total. The Kier molecular flexibility index (Phi) is 2.91. The smallest absolute Gasteiger partial charge is 0.149 e. The zero-order chi connectivity index (χ0) is 10.1. The first-order chi connectivity index (χ1) is 6.68. The van der Waals surface area contributed by atoms with Crippen LogP contribution in [0.1, 0.15) is 39.5 Å². The summed E-state index contributed by atoms with van der Waals surface area (Å²) in [6, 6.07) is 0.282. The number of carbonyl (C=O) groups is 1. The lowest BCUT2D eigenvalue weighted by Gasteiger charge is -2.38. The summed E-state index contributed by atoms with van der Waals surface area (Å²) < 4.78 is 0. The van der Waals surface area contributed by atoms with Gasteiger partial charge in [-0.2, -0.15) is 0 Å². The maximum Gasteiger partial charge on any atom is 0.149 e. The van der Waals surface area contributed by atoms with Crippen LogP contribution < -0.4 is 0 Å². The summed E-state index contributed by atoms with van der Waals surface area (Å²) >= 11 is 0. The standard InChI is InChI=1S/C12H21NO/c1-9-6-7-13(8-10(9)2)11-4-3-5-12(11)14/h9-11H,3-8H2,1-2H3. The molecule has 2 fully saturated rings. The van der Waals surface area contributed by atoms with Crippen LogP contribution in [0.15, 0.2) is 0 Å². The van der Waals surface area contributed by atoms with Crippen molar-refractivity contribution in [1.82, 2.24) is 4.90 Å². The van der Waals surface area contributed by atoms with E-state index in [2.05, 4.69) is 18.7 Å². The van der Waals surface area contributed by atoms with Crippen LogP contribution in [0, 0.1) is 11.8 Å². The third kappa shape index (κ3) is 1.85. The zero-order valence-corrected chi connectivity index (χ0v) is 9.33. The molecule has 2 heteroatoms. The Morgan fingerprint density at radius 1 is 1.21 bits per heavy atom. The third-order valence-corrected chi connectivity index (χ3v) is 4.08. The molecule has 3 unspecified atom stereocenters. The van der Waals surface area contributed by atoms with E-state index in [9.17, 15) is 4.79 Å². The summed E-state index contributed by atoms with van der Waals surface area (Å²) in [5, 5.41) is 0. The highest BCUT2D eigenvalue weighted by Crippen LogP contribution is 2.28. The first kappa shape index (κ1) is 10.2. The van der Waals surface area contributed by atoms with Crippen LogP contribution in [0.3, 0.4) is 0 Å². The second kappa shape index (κ2) is 4.01. The van der Waals surface area contributed by atoms with E-state index in [-0.39, 0.29) is 6.04 Å². The molecule has 1 saturated heterocycles. The van der Waals surface area contributed by atoms with Gasteiger partial charge >= 0.3 is 0 Å². The fraction of sp³-hybridized carbons (Fsp3) is 0.917. The minimum Gasteiger partial charge on any atom is -0.298 e. The van der Waals surface area contributed by atoms with Gasteiger partial charge in [-0.1, -0.05) is 13.8 Å². The molecule has 0 N–H and O–H groups in total. The van der Waals surface area contributed by atoms with E-state index < -0.39 is 0 Å². The molecule has 0 aromatic carbocycles. The topological polar surface area (TPSA) is 20.3 Å². The summed E-state index contributed by atoms with van der Waals surface area (Å²) in [4.78, 5) is 14.1. The van der Waals surface area contributed by atoms with Crippen molar-refractivity contribution in [2.24, 2.45) is 11.8 Å². The van der Waals surface area contributed by atoms with Gasteiger partial charge in [0.1, 0.15) is 5.78 Å². The number of rotatable bonds is 1. The molecule has 0 radical (unpaired) electrons. The molecular weight excluding hydrogens is 174 g/mol. The molecule has 0 aromatic rings. The highest BCUT2D eigenvalue weighted by atomic mass is 16.1. The SMILES string of the molecule is CC1CCN(C2CCCC2=O)CC1C. The van der Waals surface area contributed by atoms with Crippen LogP contribution in [-0.2, 0) is 4.79 Å². The number of Topliss-reactive ketones (excluding diaryl/α,β-unsaturated/α-hetero) is 1. The van der Waals surface area contributed by atoms with Crippen molar-refractivity contribution in [3.8, 4) is 0 Å². The number of nitrogens with zero attached hydrogens (tertiary/aromatic N) is 1. The molecule has 1 aliphatic heterocycles. The normalized spacial score (nSPS) is 40.4. The zero-order valence-electron chi connectivity index (χ0n) is 9.33. The number of piperidine rings is 1. The summed E-state index contributed by atoms with van der Waals surface area (Å²) in [5.74, 6) is 2.09. The van der Waals surface area contributed by atoms with Gasteiger partial charge in [0, 0.05) is 13.0 Å². The van der Waals surface area contributed by atoms with Gasteiger partial charge in [-0.15, -0.1) is 0 Å². The van der Waals surface area contributed by atoms with Crippen molar-refractivity contribution in [1.29, 1.82) is 0 Å². The number of hydrogen-bond acceptors (Lipinski definition) is 2. The van der Waals surface area contributed by atoms with E-state index in [1.807, 2.05) is 0 Å². The average Bonchev–Trinajstić information content (AvgIpc) is 2.57. The summed E-state index contributed by atoms with van der Waals surface area (Å²) in [6.07, 6.45) is 4.32. The van der Waals surface area contributed by atoms with Gasteiger partial charge in [-0.05, 0) is 37.6 Å². The first-order valence-corrected chi connectivity index (χ1v) is 5.95. The van der Waals surface area contributed by atoms with E-state index in [4.69, 9.17) is 0 Å². The van der Waals surface area contributed by atoms with Crippen LogP contribution in [0.2, 0.25) is 0 Å². The van der Waals surface area contributed by atoms with Crippen LogP contribution in [0.4, 0.5) is 0 Å². The number of likely N-dealkylation sites (tertiary alicyclic amines) is 1. The van der Waals surface area contributed by atoms with Crippen molar-refractivity contribution < 1.29 is 4.79 Å². The second-order valence-electron chi connectivity index (χ2n) is 5.11. The van der Waals surface area contributed by atoms with Gasteiger partial charge in [-0.25, -0.2) is 0 Å².